The molecule has 0 radical (unpaired) electrons. The van der Waals surface area contributed by atoms with Crippen molar-refractivity contribution in [2.45, 2.75) is 154 Å². The number of rotatable bonds is 24. The summed E-state index contributed by atoms with van der Waals surface area (Å²) in [6, 6.07) is 16.5. The minimum atomic E-state index is -2.98. The highest BCUT2D eigenvalue weighted by Gasteiger charge is 2.64. The number of hydrogen-bond donors (Lipinski definition) is 15. The number of phenols is 2. The van der Waals surface area contributed by atoms with Gasteiger partial charge in [-0.05, 0) is 59.7 Å². The van der Waals surface area contributed by atoms with Gasteiger partial charge in [0.2, 0.25) is 5.79 Å². The molecule has 5 aliphatic rings. The van der Waals surface area contributed by atoms with Crippen molar-refractivity contribution in [2.75, 3.05) is 46.8 Å². The molecule has 502 valence electrons. The zero-order valence-corrected chi connectivity index (χ0v) is 48.3. The van der Waals surface area contributed by atoms with E-state index < -0.39 is 210 Å². The van der Waals surface area contributed by atoms with Crippen molar-refractivity contribution in [1.29, 1.82) is 0 Å². The molecule has 5 saturated heterocycles. The number of phenolic OH excluding ortho intramolecular Hbond substituents is 2. The maximum absolute atomic E-state index is 14.3. The van der Waals surface area contributed by atoms with Gasteiger partial charge in [0.1, 0.15) is 123 Å². The number of aromatic hydroxyl groups is 2. The van der Waals surface area contributed by atoms with E-state index in [1.807, 2.05) is 0 Å². The number of carbonyl (C=O) groups excluding carboxylic acids is 4. The van der Waals surface area contributed by atoms with Crippen LogP contribution >= 0.6 is 0 Å². The van der Waals surface area contributed by atoms with Gasteiger partial charge in [0.05, 0.1) is 39.1 Å². The average Bonchev–Trinajstić information content (AvgIpc) is 1.73. The van der Waals surface area contributed by atoms with Crippen LogP contribution < -0.4 is 4.74 Å². The summed E-state index contributed by atoms with van der Waals surface area (Å²) in [4.78, 5) is 54.9. The van der Waals surface area contributed by atoms with Crippen LogP contribution in [-0.4, -0.2) is 294 Å². The molecule has 5 aliphatic heterocycles. The van der Waals surface area contributed by atoms with Crippen LogP contribution in [0, 0.1) is 0 Å². The van der Waals surface area contributed by atoms with E-state index >= 15 is 0 Å². The molecule has 3 aromatic rings. The van der Waals surface area contributed by atoms with Crippen LogP contribution in [0.15, 0.2) is 84.9 Å². The van der Waals surface area contributed by atoms with E-state index in [0.29, 0.717) is 5.56 Å². The Morgan fingerprint density at radius 2 is 1.04 bits per heavy atom. The zero-order chi connectivity index (χ0) is 66.0. The number of hydrogen-bond acceptors (Lipinski definition) is 33. The van der Waals surface area contributed by atoms with Crippen LogP contribution in [0.3, 0.4) is 0 Å². The lowest BCUT2D eigenvalue weighted by molar-refractivity contribution is -0.423. The van der Waals surface area contributed by atoms with Crippen molar-refractivity contribution in [3.05, 3.63) is 102 Å². The van der Waals surface area contributed by atoms with E-state index in [4.69, 9.17) is 66.3 Å². The van der Waals surface area contributed by atoms with Gasteiger partial charge in [-0.15, -0.1) is 0 Å². The molecule has 0 saturated carbocycles. The monoisotopic (exact) mass is 1300 g/mol. The lowest BCUT2D eigenvalue weighted by atomic mass is 9.95. The van der Waals surface area contributed by atoms with Crippen molar-refractivity contribution < 1.29 is 162 Å². The number of aliphatic hydroxyl groups excluding tert-OH is 13. The maximum atomic E-state index is 14.3. The van der Waals surface area contributed by atoms with Gasteiger partial charge >= 0.3 is 23.9 Å². The third-order valence-corrected chi connectivity index (χ3v) is 15.2. The normalized spacial score (nSPS) is 36.8. The highest BCUT2D eigenvalue weighted by Crippen LogP contribution is 2.43. The summed E-state index contributed by atoms with van der Waals surface area (Å²) in [6.45, 7) is -5.56. The van der Waals surface area contributed by atoms with E-state index in [-0.39, 0.29) is 28.4 Å². The number of aliphatic hydroxyl groups is 13. The van der Waals surface area contributed by atoms with Gasteiger partial charge in [0, 0.05) is 19.1 Å². The summed E-state index contributed by atoms with van der Waals surface area (Å²) in [5.74, 6) is -8.11. The fourth-order valence-corrected chi connectivity index (χ4v) is 10.4. The molecule has 0 bridgehead atoms. The number of benzene rings is 3. The third-order valence-electron chi connectivity index (χ3n) is 15.2. The molecule has 8 rings (SSSR count). The molecule has 33 heteroatoms. The largest absolute Gasteiger partial charge is 0.508 e. The van der Waals surface area contributed by atoms with Crippen LogP contribution in [0.2, 0.25) is 0 Å². The second-order valence-corrected chi connectivity index (χ2v) is 21.4. The summed E-state index contributed by atoms with van der Waals surface area (Å²) in [5.41, 5.74) is 0.446. The first-order chi connectivity index (χ1) is 43.4. The van der Waals surface area contributed by atoms with Crippen molar-refractivity contribution in [1.82, 2.24) is 0 Å². The number of esters is 4. The summed E-state index contributed by atoms with van der Waals surface area (Å²) in [7, 11) is 1.25. The molecule has 5 fully saturated rings. The smallest absolute Gasteiger partial charge is 0.338 e. The molecule has 0 unspecified atom stereocenters. The Bertz CT molecular complexity index is 2930. The maximum Gasteiger partial charge on any atom is 0.338 e. The minimum absolute atomic E-state index is 0.0280. The van der Waals surface area contributed by atoms with Gasteiger partial charge < -0.3 is 143 Å². The highest BCUT2D eigenvalue weighted by atomic mass is 16.8. The van der Waals surface area contributed by atoms with Crippen molar-refractivity contribution in [2.24, 2.45) is 0 Å². The lowest BCUT2D eigenvalue weighted by Crippen LogP contribution is -2.69. The first-order valence-electron chi connectivity index (χ1n) is 28.2. The Hall–Kier alpha value is -6.46. The zero-order valence-electron chi connectivity index (χ0n) is 48.3. The van der Waals surface area contributed by atoms with Crippen LogP contribution in [0.1, 0.15) is 28.4 Å². The van der Waals surface area contributed by atoms with Crippen molar-refractivity contribution >= 4 is 36.0 Å². The molecule has 3 aromatic carbocycles. The minimum Gasteiger partial charge on any atom is -0.508 e. The molecular weight excluding hydrogens is 1220 g/mol. The summed E-state index contributed by atoms with van der Waals surface area (Å²) in [5, 5.41) is 163. The Morgan fingerprint density at radius 1 is 0.516 bits per heavy atom. The van der Waals surface area contributed by atoms with Crippen LogP contribution in [0.4, 0.5) is 0 Å². The van der Waals surface area contributed by atoms with Gasteiger partial charge in [0.15, 0.2) is 48.9 Å². The van der Waals surface area contributed by atoms with Gasteiger partial charge in [-0.3, -0.25) is 4.79 Å². The van der Waals surface area contributed by atoms with E-state index in [9.17, 15) is 95.8 Å². The van der Waals surface area contributed by atoms with Crippen molar-refractivity contribution in [3.63, 3.8) is 0 Å². The quantitative estimate of drug-likeness (QED) is 0.0226. The van der Waals surface area contributed by atoms with Crippen LogP contribution in [0.5, 0.6) is 17.2 Å². The lowest BCUT2D eigenvalue weighted by Gasteiger charge is -2.51. The summed E-state index contributed by atoms with van der Waals surface area (Å²) in [6.07, 6.45) is -44.8. The summed E-state index contributed by atoms with van der Waals surface area (Å²) < 4.78 is 83.1. The van der Waals surface area contributed by atoms with Crippen LogP contribution in [0.25, 0.3) is 12.2 Å². The van der Waals surface area contributed by atoms with E-state index in [2.05, 4.69) is 0 Å². The fraction of sp³-hybridized carbons (Fsp3) is 0.552. The van der Waals surface area contributed by atoms with Gasteiger partial charge in [-0.25, -0.2) is 14.4 Å². The van der Waals surface area contributed by atoms with E-state index in [0.717, 1.165) is 19.1 Å². The molecule has 0 amide bonds. The van der Waals surface area contributed by atoms with Gasteiger partial charge in [-0.1, -0.05) is 36.4 Å². The Balaban J connectivity index is 1.27. The predicted octanol–water partition coefficient (Wildman–Crippen LogP) is -5.54. The molecule has 0 spiro atoms. The highest BCUT2D eigenvalue weighted by molar-refractivity contribution is 5.90. The molecule has 0 aromatic heterocycles. The molecule has 91 heavy (non-hydrogen) atoms. The molecular formula is C58H72O33. The summed E-state index contributed by atoms with van der Waals surface area (Å²) >= 11 is 0. The Labute approximate surface area is 516 Å². The molecule has 0 aliphatic carbocycles. The standard InChI is InChI=1S/C58H72O33/c1-25(63)79-23-36-49(85-38(67)17-12-27-10-15-30(65)31(18-27)78-2)50(87-56-47(76)44(73)48(35(22-62)83-56)86-54-45(74)42(71)39(68)32(19-59)81-54)51(88-55-46(75)43(72)40(69)33(20-60)82-55)57(84-36)91-58(24-80-37(66)16-11-26-8-13-29(64)14-9-26)52(41(70)34(21-61)90-58)89-53(77)28-6-4-3-5-7-28/h3-18,32-36,39-52,54-57,59-62,64-65,68-76H,19-24H2,1-2H3/b16-11+,17-12+/t32-,33-,34-,35-,36-,39-,40-,41-,42+,43+,44-,45-,46-,47-,48-,49-,50+,51-,52+,54+,55+,56+,57-,58+/m1/s1. The second kappa shape index (κ2) is 31.4. The van der Waals surface area contributed by atoms with Crippen molar-refractivity contribution in [3.8, 4) is 17.2 Å². The average molecular weight is 1300 g/mol. The molecule has 5 heterocycles. The van der Waals surface area contributed by atoms with Gasteiger partial charge in [0.25, 0.3) is 0 Å². The number of methoxy groups -OCH3 is 1. The third kappa shape index (κ3) is 16.5. The molecule has 33 nitrogen and oxygen atoms in total. The molecule has 15 N–H and O–H groups in total. The van der Waals surface area contributed by atoms with E-state index in [1.54, 1.807) is 6.07 Å². The van der Waals surface area contributed by atoms with Gasteiger partial charge in [-0.2, -0.15) is 0 Å². The SMILES string of the molecule is COc1cc(/C=C/C(=O)O[C@H]2[C@H](O[C@@H]3O[C@H](CO)[C@@H](O[C@@H]4O[C@H](CO)[C@@H](O)[C@H](O)[C@H]4O)[C@H](O)[C@H]3O)[C@@H](O[C@@H]3O[C@H](CO)[C@@H](O)[C@H](O)[C@H]3O)[C@@H](O[C@]3(COC(=O)/C=C/c4ccc(O)cc4)O[C@H](CO)[C@@H](O)[C@@H]3OC(=O)c3ccccc3)O[C@@H]2COC(C)=O)ccc1O. The molecule has 24 atom stereocenters. The topological polar surface area (TPSA) is 501 Å². The first-order valence-corrected chi connectivity index (χ1v) is 28.2. The van der Waals surface area contributed by atoms with E-state index in [1.165, 1.54) is 86.0 Å². The number of ether oxygens (including phenoxy) is 14. The first kappa shape index (κ1) is 70.4. The fourth-order valence-electron chi connectivity index (χ4n) is 10.4. The second-order valence-electron chi connectivity index (χ2n) is 21.4. The number of carbonyl (C=O) groups is 4. The Kier molecular flexibility index (Phi) is 24.3. The Morgan fingerprint density at radius 3 is 1.63 bits per heavy atom. The van der Waals surface area contributed by atoms with Crippen LogP contribution in [-0.2, 0) is 76.0 Å². The predicted molar refractivity (Wildman–Crippen MR) is 294 cm³/mol.